The maximum Gasteiger partial charge on any atom is 0.240 e. The maximum atomic E-state index is 11.6. The molecule has 1 aliphatic heterocycles. The van der Waals surface area contributed by atoms with Crippen molar-refractivity contribution in [2.24, 2.45) is 5.73 Å². The van der Waals surface area contributed by atoms with Crippen LogP contribution in [0.15, 0.2) is 12.7 Å². The molecular formula is C10H18N2O2. The minimum absolute atomic E-state index is 0.0944. The Morgan fingerprint density at radius 3 is 2.79 bits per heavy atom. The molecule has 0 aromatic carbocycles. The first-order valence-corrected chi connectivity index (χ1v) is 4.90. The lowest BCUT2D eigenvalue weighted by Crippen LogP contribution is -2.65. The van der Waals surface area contributed by atoms with Gasteiger partial charge in [-0.25, -0.2) is 0 Å². The van der Waals surface area contributed by atoms with Gasteiger partial charge in [-0.15, -0.1) is 6.58 Å². The molecule has 0 saturated carbocycles. The van der Waals surface area contributed by atoms with Gasteiger partial charge in [0.15, 0.2) is 0 Å². The first-order chi connectivity index (χ1) is 6.52. The van der Waals surface area contributed by atoms with Gasteiger partial charge >= 0.3 is 0 Å². The molecule has 0 aromatic rings. The van der Waals surface area contributed by atoms with Crippen LogP contribution in [-0.4, -0.2) is 40.6 Å². The summed E-state index contributed by atoms with van der Waals surface area (Å²) in [6.07, 6.45) is 2.79. The zero-order valence-electron chi connectivity index (χ0n) is 8.57. The highest BCUT2D eigenvalue weighted by Gasteiger charge is 2.42. The van der Waals surface area contributed by atoms with Crippen LogP contribution in [0, 0.1) is 0 Å². The predicted molar refractivity (Wildman–Crippen MR) is 54.6 cm³/mol. The Morgan fingerprint density at radius 2 is 2.36 bits per heavy atom. The second-order valence-electron chi connectivity index (χ2n) is 3.90. The predicted octanol–water partition coefficient (Wildman–Crippen LogP) is -0.127. The normalized spacial score (nSPS) is 21.2. The monoisotopic (exact) mass is 198 g/mol. The first-order valence-electron chi connectivity index (χ1n) is 4.90. The van der Waals surface area contributed by atoms with Crippen LogP contribution >= 0.6 is 0 Å². The Kier molecular flexibility index (Phi) is 3.29. The van der Waals surface area contributed by atoms with Crippen molar-refractivity contribution in [2.45, 2.75) is 31.4 Å². The van der Waals surface area contributed by atoms with Crippen LogP contribution < -0.4 is 5.73 Å². The average molecular weight is 198 g/mol. The lowest BCUT2D eigenvalue weighted by atomic mass is 9.90. The molecule has 0 bridgehead atoms. The van der Waals surface area contributed by atoms with Gasteiger partial charge in [0.1, 0.15) is 0 Å². The topological polar surface area (TPSA) is 66.6 Å². The van der Waals surface area contributed by atoms with Crippen LogP contribution in [0.5, 0.6) is 0 Å². The van der Waals surface area contributed by atoms with E-state index in [4.69, 9.17) is 5.73 Å². The van der Waals surface area contributed by atoms with E-state index in [1.807, 2.05) is 6.92 Å². The first kappa shape index (κ1) is 11.2. The molecule has 3 N–H and O–H groups in total. The van der Waals surface area contributed by atoms with E-state index < -0.39 is 11.6 Å². The molecule has 4 heteroatoms. The van der Waals surface area contributed by atoms with Crippen LogP contribution in [0.25, 0.3) is 0 Å². The Morgan fingerprint density at radius 1 is 1.79 bits per heavy atom. The van der Waals surface area contributed by atoms with Crippen molar-refractivity contribution < 1.29 is 9.90 Å². The molecule has 80 valence electrons. The molecule has 0 aromatic heterocycles. The number of hydrogen-bond acceptors (Lipinski definition) is 3. The van der Waals surface area contributed by atoms with Crippen LogP contribution in [0.2, 0.25) is 0 Å². The molecule has 4 nitrogen and oxygen atoms in total. The molecule has 0 spiro atoms. The van der Waals surface area contributed by atoms with Gasteiger partial charge in [0, 0.05) is 0 Å². The van der Waals surface area contributed by atoms with Crippen molar-refractivity contribution in [3.05, 3.63) is 12.7 Å². The number of nitrogens with zero attached hydrogens (tertiary/aromatic N) is 1. The molecule has 1 heterocycles. The SMILES string of the molecule is C=CCC(N)C(=O)N1CC(O)(CC)C1. The fourth-order valence-electron chi connectivity index (χ4n) is 1.56. The molecule has 1 aliphatic rings. The summed E-state index contributed by atoms with van der Waals surface area (Å²) in [7, 11) is 0. The molecule has 1 rings (SSSR count). The highest BCUT2D eigenvalue weighted by Crippen LogP contribution is 2.24. The number of aliphatic hydroxyl groups is 1. The number of amides is 1. The Labute approximate surface area is 84.4 Å². The van der Waals surface area contributed by atoms with Gasteiger partial charge in [0.25, 0.3) is 0 Å². The second-order valence-corrected chi connectivity index (χ2v) is 3.90. The third kappa shape index (κ3) is 2.13. The molecule has 1 amide bonds. The summed E-state index contributed by atoms with van der Waals surface area (Å²) >= 11 is 0. The summed E-state index contributed by atoms with van der Waals surface area (Å²) < 4.78 is 0. The minimum Gasteiger partial charge on any atom is -0.386 e. The third-order valence-corrected chi connectivity index (χ3v) is 2.68. The molecule has 0 radical (unpaired) electrons. The maximum absolute atomic E-state index is 11.6. The molecular weight excluding hydrogens is 180 g/mol. The molecule has 1 fully saturated rings. The number of likely N-dealkylation sites (tertiary alicyclic amines) is 1. The highest BCUT2D eigenvalue weighted by atomic mass is 16.3. The van der Waals surface area contributed by atoms with Crippen LogP contribution in [0.1, 0.15) is 19.8 Å². The molecule has 1 saturated heterocycles. The molecule has 0 aliphatic carbocycles. The van der Waals surface area contributed by atoms with E-state index >= 15 is 0 Å². The second kappa shape index (κ2) is 4.11. The van der Waals surface area contributed by atoms with E-state index in [0.717, 1.165) is 0 Å². The van der Waals surface area contributed by atoms with Gasteiger partial charge in [0.2, 0.25) is 5.91 Å². The Bertz CT molecular complexity index is 234. The van der Waals surface area contributed by atoms with Crippen molar-refractivity contribution in [1.29, 1.82) is 0 Å². The zero-order chi connectivity index (χ0) is 10.8. The number of β-amino-alcohol motifs (C(OH)–C–C–N with tert-alkyl or cyclic N) is 1. The van der Waals surface area contributed by atoms with Crippen molar-refractivity contribution in [2.75, 3.05) is 13.1 Å². The summed E-state index contributed by atoms with van der Waals surface area (Å²) in [4.78, 5) is 13.2. The zero-order valence-corrected chi connectivity index (χ0v) is 8.57. The van der Waals surface area contributed by atoms with Crippen molar-refractivity contribution in [3.8, 4) is 0 Å². The average Bonchev–Trinajstić information content (AvgIpc) is 2.12. The minimum atomic E-state index is -0.677. The summed E-state index contributed by atoms with van der Waals surface area (Å²) in [5, 5.41) is 9.69. The highest BCUT2D eigenvalue weighted by molar-refractivity contribution is 5.82. The summed E-state index contributed by atoms with van der Waals surface area (Å²) in [5.74, 6) is -0.0944. The van der Waals surface area contributed by atoms with E-state index in [9.17, 15) is 9.90 Å². The lowest BCUT2D eigenvalue weighted by Gasteiger charge is -2.46. The third-order valence-electron chi connectivity index (χ3n) is 2.68. The number of carbonyl (C=O) groups excluding carboxylic acids is 1. The van der Waals surface area contributed by atoms with Crippen LogP contribution in [0.3, 0.4) is 0 Å². The van der Waals surface area contributed by atoms with Gasteiger partial charge in [0.05, 0.1) is 24.7 Å². The largest absolute Gasteiger partial charge is 0.386 e. The number of carbonyl (C=O) groups is 1. The molecule has 1 atom stereocenters. The van der Waals surface area contributed by atoms with Crippen molar-refractivity contribution >= 4 is 5.91 Å². The number of hydrogen-bond donors (Lipinski definition) is 2. The van der Waals surface area contributed by atoms with E-state index in [1.165, 1.54) is 0 Å². The fourth-order valence-corrected chi connectivity index (χ4v) is 1.56. The summed E-state index contributed by atoms with van der Waals surface area (Å²) in [6, 6.07) is -0.506. The summed E-state index contributed by atoms with van der Waals surface area (Å²) in [5.41, 5.74) is 4.95. The molecule has 14 heavy (non-hydrogen) atoms. The van der Waals surface area contributed by atoms with Gasteiger partial charge in [-0.3, -0.25) is 4.79 Å². The van der Waals surface area contributed by atoms with Crippen LogP contribution in [-0.2, 0) is 4.79 Å². The van der Waals surface area contributed by atoms with E-state index in [2.05, 4.69) is 6.58 Å². The van der Waals surface area contributed by atoms with Gasteiger partial charge in [-0.2, -0.15) is 0 Å². The molecule has 1 unspecified atom stereocenters. The van der Waals surface area contributed by atoms with Gasteiger partial charge < -0.3 is 15.7 Å². The summed E-state index contributed by atoms with van der Waals surface area (Å²) in [6.45, 7) is 6.26. The standard InChI is InChI=1S/C10H18N2O2/c1-3-5-8(11)9(13)12-6-10(14,4-2)7-12/h3,8,14H,1,4-7,11H2,2H3. The van der Waals surface area contributed by atoms with E-state index in [-0.39, 0.29) is 5.91 Å². The lowest BCUT2D eigenvalue weighted by molar-refractivity contribution is -0.157. The number of rotatable bonds is 4. The van der Waals surface area contributed by atoms with Crippen molar-refractivity contribution in [3.63, 3.8) is 0 Å². The smallest absolute Gasteiger partial charge is 0.240 e. The van der Waals surface area contributed by atoms with E-state index in [0.29, 0.717) is 25.9 Å². The quantitative estimate of drug-likeness (QED) is 0.618. The van der Waals surface area contributed by atoms with Gasteiger partial charge in [-0.05, 0) is 12.8 Å². The Balaban J connectivity index is 2.39. The number of nitrogens with two attached hydrogens (primary N) is 1. The van der Waals surface area contributed by atoms with Gasteiger partial charge in [-0.1, -0.05) is 13.0 Å². The fraction of sp³-hybridized carbons (Fsp3) is 0.700. The Hall–Kier alpha value is -0.870. The van der Waals surface area contributed by atoms with E-state index in [1.54, 1.807) is 11.0 Å². The van der Waals surface area contributed by atoms with Crippen LogP contribution in [0.4, 0.5) is 0 Å². The van der Waals surface area contributed by atoms with Crippen molar-refractivity contribution in [1.82, 2.24) is 4.90 Å².